The fraction of sp³-hybridized carbons (Fsp3) is 0.429. The molecule has 0 fully saturated rings. The Labute approximate surface area is 223 Å². The zero-order valence-electron chi connectivity index (χ0n) is 22.8. The maximum atomic E-state index is 13.8. The van der Waals surface area contributed by atoms with Gasteiger partial charge in [0.05, 0.1) is 13.0 Å². The van der Waals surface area contributed by atoms with Crippen molar-refractivity contribution in [1.82, 2.24) is 10.2 Å². The van der Waals surface area contributed by atoms with Crippen LogP contribution in [0.15, 0.2) is 42.5 Å². The number of aliphatic hydroxyl groups excluding tert-OH is 1. The molecule has 2 rings (SSSR count). The van der Waals surface area contributed by atoms with Crippen molar-refractivity contribution in [3.63, 3.8) is 0 Å². The van der Waals surface area contributed by atoms with E-state index in [0.717, 1.165) is 21.6 Å². The van der Waals surface area contributed by atoms with Gasteiger partial charge in [0.2, 0.25) is 11.8 Å². The van der Waals surface area contributed by atoms with E-state index < -0.39 is 54.5 Å². The van der Waals surface area contributed by atoms with Crippen LogP contribution in [0.2, 0.25) is 0 Å². The number of anilines is 1. The highest BCUT2D eigenvalue weighted by Gasteiger charge is 2.37. The van der Waals surface area contributed by atoms with E-state index in [1.54, 1.807) is 39.0 Å². The Morgan fingerprint density at radius 3 is 2.24 bits per heavy atom. The van der Waals surface area contributed by atoms with E-state index in [1.165, 1.54) is 0 Å². The van der Waals surface area contributed by atoms with Crippen molar-refractivity contribution in [2.45, 2.75) is 65.6 Å². The number of alkyl carbamates (subject to hydrolysis) is 1. The van der Waals surface area contributed by atoms with Crippen molar-refractivity contribution < 1.29 is 29.0 Å². The minimum absolute atomic E-state index is 0.247. The Bertz CT molecular complexity index is 1170. The van der Waals surface area contributed by atoms with Gasteiger partial charge in [-0.05, 0) is 64.3 Å². The molecule has 2 aromatic rings. The third-order valence-electron chi connectivity index (χ3n) is 5.70. The highest BCUT2D eigenvalue weighted by Crippen LogP contribution is 2.28. The van der Waals surface area contributed by atoms with E-state index in [1.807, 2.05) is 45.0 Å². The smallest absolute Gasteiger partial charge is 0.408 e. The summed E-state index contributed by atoms with van der Waals surface area (Å²) in [6, 6.07) is 10.0. The number of hydrogen-bond acceptors (Lipinski definition) is 6. The second-order valence-corrected chi connectivity index (χ2v) is 10.2. The number of ether oxygens (including phenoxy) is 1. The molecule has 2 unspecified atom stereocenters. The predicted octanol–water partition coefficient (Wildman–Crippen LogP) is 2.88. The van der Waals surface area contributed by atoms with Crippen molar-refractivity contribution >= 4 is 29.5 Å². The minimum atomic E-state index is -1.42. The molecule has 0 aliphatic rings. The van der Waals surface area contributed by atoms with Gasteiger partial charge in [0.15, 0.2) is 0 Å². The summed E-state index contributed by atoms with van der Waals surface area (Å²) in [5, 5.41) is 15.2. The second-order valence-electron chi connectivity index (χ2n) is 10.2. The molecule has 0 radical (unpaired) electrons. The lowest BCUT2D eigenvalue weighted by atomic mass is 9.96. The number of rotatable bonds is 10. The molecule has 2 aromatic carbocycles. The number of amides is 4. The fourth-order valence-electron chi connectivity index (χ4n) is 4.02. The standard InChI is InChI=1S/C28H38N4O6/c1-17-11-12-20(19(3)15-17)24(25(35)30-21-10-8-7-9-18(21)2)32(13-14-33)26(36)22(16-23(29)34)31-27(37)38-28(4,5)6/h7-12,15,22,24,33H,13-14,16H2,1-6H3,(H2,29,34)(H,30,35)(H,31,37). The number of carbonyl (C=O) groups is 4. The third-order valence-corrected chi connectivity index (χ3v) is 5.70. The topological polar surface area (TPSA) is 151 Å². The normalized spacial score (nSPS) is 12.7. The van der Waals surface area contributed by atoms with Crippen LogP contribution < -0.4 is 16.4 Å². The molecule has 2 atom stereocenters. The molecule has 0 saturated heterocycles. The first kappa shape index (κ1) is 30.3. The maximum Gasteiger partial charge on any atom is 0.408 e. The number of aryl methyl sites for hydroxylation is 3. The number of aliphatic hydroxyl groups is 1. The molecular formula is C28H38N4O6. The van der Waals surface area contributed by atoms with Crippen molar-refractivity contribution in [3.8, 4) is 0 Å². The third kappa shape index (κ3) is 8.58. The molecule has 4 amide bonds. The van der Waals surface area contributed by atoms with Gasteiger partial charge in [0, 0.05) is 12.2 Å². The minimum Gasteiger partial charge on any atom is -0.444 e. The number of primary amides is 1. The lowest BCUT2D eigenvalue weighted by Gasteiger charge is -2.34. The molecule has 0 spiro atoms. The Morgan fingerprint density at radius 2 is 1.68 bits per heavy atom. The Kier molecular flexibility index (Phi) is 10.4. The second kappa shape index (κ2) is 13.0. The predicted molar refractivity (Wildman–Crippen MR) is 144 cm³/mol. The van der Waals surface area contributed by atoms with Crippen molar-refractivity contribution in [2.75, 3.05) is 18.5 Å². The molecule has 5 N–H and O–H groups in total. The molecule has 0 saturated carbocycles. The number of nitrogens with zero attached hydrogens (tertiary/aromatic N) is 1. The summed E-state index contributed by atoms with van der Waals surface area (Å²) in [6.45, 7) is 9.81. The molecule has 0 heterocycles. The average molecular weight is 527 g/mol. The summed E-state index contributed by atoms with van der Waals surface area (Å²) >= 11 is 0. The fourth-order valence-corrected chi connectivity index (χ4v) is 4.02. The van der Waals surface area contributed by atoms with Gasteiger partial charge >= 0.3 is 6.09 Å². The number of para-hydroxylation sites is 1. The molecule has 206 valence electrons. The number of hydrogen-bond donors (Lipinski definition) is 4. The van der Waals surface area contributed by atoms with Gasteiger partial charge in [0.25, 0.3) is 5.91 Å². The molecule has 0 bridgehead atoms. The van der Waals surface area contributed by atoms with E-state index in [-0.39, 0.29) is 6.54 Å². The quantitative estimate of drug-likeness (QED) is 0.374. The van der Waals surface area contributed by atoms with Crippen LogP contribution in [-0.2, 0) is 19.1 Å². The number of nitrogens with two attached hydrogens (primary N) is 1. The van der Waals surface area contributed by atoms with Gasteiger partial charge < -0.3 is 31.1 Å². The highest BCUT2D eigenvalue weighted by molar-refractivity contribution is 6.00. The van der Waals surface area contributed by atoms with E-state index >= 15 is 0 Å². The van der Waals surface area contributed by atoms with E-state index in [4.69, 9.17) is 10.5 Å². The number of carbonyl (C=O) groups excluding carboxylic acids is 4. The molecular weight excluding hydrogens is 488 g/mol. The lowest BCUT2D eigenvalue weighted by molar-refractivity contribution is -0.142. The zero-order chi connectivity index (χ0) is 28.6. The first-order valence-electron chi connectivity index (χ1n) is 12.4. The van der Waals surface area contributed by atoms with Gasteiger partial charge in [-0.1, -0.05) is 42.0 Å². The SMILES string of the molecule is Cc1ccc(C(C(=O)Nc2ccccc2C)N(CCO)C(=O)C(CC(N)=O)NC(=O)OC(C)(C)C)c(C)c1. The largest absolute Gasteiger partial charge is 0.444 e. The number of benzene rings is 2. The lowest BCUT2D eigenvalue weighted by Crippen LogP contribution is -2.54. The highest BCUT2D eigenvalue weighted by atomic mass is 16.6. The van der Waals surface area contributed by atoms with E-state index in [0.29, 0.717) is 11.3 Å². The van der Waals surface area contributed by atoms with Gasteiger partial charge in [0.1, 0.15) is 17.7 Å². The van der Waals surface area contributed by atoms with Crippen LogP contribution in [-0.4, -0.2) is 58.6 Å². The zero-order valence-corrected chi connectivity index (χ0v) is 22.8. The summed E-state index contributed by atoms with van der Waals surface area (Å²) in [7, 11) is 0. The van der Waals surface area contributed by atoms with Crippen LogP contribution in [0, 0.1) is 20.8 Å². The van der Waals surface area contributed by atoms with Crippen molar-refractivity contribution in [1.29, 1.82) is 0 Å². The van der Waals surface area contributed by atoms with E-state index in [2.05, 4.69) is 10.6 Å². The van der Waals surface area contributed by atoms with Gasteiger partial charge in [-0.15, -0.1) is 0 Å². The van der Waals surface area contributed by atoms with Crippen molar-refractivity contribution in [3.05, 3.63) is 64.7 Å². The van der Waals surface area contributed by atoms with Crippen LogP contribution >= 0.6 is 0 Å². The summed E-state index contributed by atoms with van der Waals surface area (Å²) < 4.78 is 5.26. The summed E-state index contributed by atoms with van der Waals surface area (Å²) in [5.41, 5.74) is 8.14. The molecule has 0 aliphatic carbocycles. The van der Waals surface area contributed by atoms with Crippen LogP contribution in [0.25, 0.3) is 0 Å². The Balaban J connectivity index is 2.56. The molecule has 38 heavy (non-hydrogen) atoms. The maximum absolute atomic E-state index is 13.8. The van der Waals surface area contributed by atoms with E-state index in [9.17, 15) is 24.3 Å². The van der Waals surface area contributed by atoms with Crippen LogP contribution in [0.5, 0.6) is 0 Å². The monoisotopic (exact) mass is 526 g/mol. The van der Waals surface area contributed by atoms with Crippen LogP contribution in [0.3, 0.4) is 0 Å². The van der Waals surface area contributed by atoms with Gasteiger partial charge in [-0.25, -0.2) is 4.79 Å². The summed E-state index contributed by atoms with van der Waals surface area (Å²) in [6.07, 6.45) is -1.45. The molecule has 0 aliphatic heterocycles. The van der Waals surface area contributed by atoms with Gasteiger partial charge in [-0.3, -0.25) is 14.4 Å². The molecule has 0 aromatic heterocycles. The first-order valence-corrected chi connectivity index (χ1v) is 12.4. The summed E-state index contributed by atoms with van der Waals surface area (Å²) in [4.78, 5) is 53.1. The molecule has 10 heteroatoms. The molecule has 10 nitrogen and oxygen atoms in total. The first-order chi connectivity index (χ1) is 17.7. The Morgan fingerprint density at radius 1 is 1.03 bits per heavy atom. The van der Waals surface area contributed by atoms with Gasteiger partial charge in [-0.2, -0.15) is 0 Å². The average Bonchev–Trinajstić information content (AvgIpc) is 2.79. The van der Waals surface area contributed by atoms with Crippen LogP contribution in [0.1, 0.15) is 55.5 Å². The van der Waals surface area contributed by atoms with Crippen LogP contribution in [0.4, 0.5) is 10.5 Å². The van der Waals surface area contributed by atoms with Crippen molar-refractivity contribution in [2.24, 2.45) is 5.73 Å². The number of nitrogens with one attached hydrogen (secondary N) is 2. The Hall–Kier alpha value is -3.92. The summed E-state index contributed by atoms with van der Waals surface area (Å²) in [5.74, 6) is -2.13.